The molecule has 1 aliphatic carbocycles. The van der Waals surface area contributed by atoms with Gasteiger partial charge in [0.1, 0.15) is 11.4 Å². The van der Waals surface area contributed by atoms with Gasteiger partial charge in [0.2, 0.25) is 0 Å². The van der Waals surface area contributed by atoms with Gasteiger partial charge in [-0.25, -0.2) is 9.18 Å². The van der Waals surface area contributed by atoms with Crippen LogP contribution in [-0.2, 0) is 4.74 Å². The highest BCUT2D eigenvalue weighted by Gasteiger charge is 2.28. The second-order valence-electron chi connectivity index (χ2n) is 6.95. The number of benzene rings is 1. The zero-order valence-electron chi connectivity index (χ0n) is 13.8. The minimum atomic E-state index is -0.507. The van der Waals surface area contributed by atoms with E-state index >= 15 is 0 Å². The van der Waals surface area contributed by atoms with Crippen molar-refractivity contribution in [1.82, 2.24) is 5.32 Å². The normalized spacial score (nSPS) is 21.1. The third-order valence-electron chi connectivity index (χ3n) is 3.84. The number of halogens is 2. The Morgan fingerprint density at radius 3 is 2.83 bits per heavy atom. The molecule has 0 aromatic heterocycles. The van der Waals surface area contributed by atoms with E-state index in [-0.39, 0.29) is 17.8 Å². The molecule has 0 aliphatic heterocycles. The fourth-order valence-corrected chi connectivity index (χ4v) is 2.98. The smallest absolute Gasteiger partial charge is 0.407 e. The molecule has 2 atom stereocenters. The molecule has 1 aliphatic rings. The van der Waals surface area contributed by atoms with Crippen molar-refractivity contribution in [3.8, 4) is 0 Å². The summed E-state index contributed by atoms with van der Waals surface area (Å²) in [7, 11) is 0. The highest BCUT2D eigenvalue weighted by Crippen LogP contribution is 2.31. The van der Waals surface area contributed by atoms with Crippen LogP contribution in [0, 0.1) is 11.7 Å². The molecule has 23 heavy (non-hydrogen) atoms. The maximum Gasteiger partial charge on any atom is 0.407 e. The van der Waals surface area contributed by atoms with Gasteiger partial charge < -0.3 is 15.4 Å². The first-order valence-electron chi connectivity index (χ1n) is 7.93. The van der Waals surface area contributed by atoms with E-state index in [4.69, 9.17) is 16.3 Å². The second-order valence-corrected chi connectivity index (χ2v) is 7.36. The average Bonchev–Trinajstić information content (AvgIpc) is 2.86. The molecule has 1 aromatic carbocycles. The van der Waals surface area contributed by atoms with Crippen molar-refractivity contribution in [3.05, 3.63) is 29.0 Å². The summed E-state index contributed by atoms with van der Waals surface area (Å²) >= 11 is 6.10. The molecule has 1 saturated carbocycles. The number of carbonyl (C=O) groups is 1. The molecule has 1 fully saturated rings. The molecule has 0 heterocycles. The van der Waals surface area contributed by atoms with E-state index in [2.05, 4.69) is 10.6 Å². The number of hydrogen-bond donors (Lipinski definition) is 2. The minimum absolute atomic E-state index is 0.157. The lowest BCUT2D eigenvalue weighted by Crippen LogP contribution is -2.38. The zero-order valence-corrected chi connectivity index (χ0v) is 14.5. The largest absolute Gasteiger partial charge is 0.444 e. The Hall–Kier alpha value is -1.49. The van der Waals surface area contributed by atoms with Gasteiger partial charge in [-0.2, -0.15) is 0 Å². The molecular weight excluding hydrogens is 319 g/mol. The third kappa shape index (κ3) is 5.57. The summed E-state index contributed by atoms with van der Waals surface area (Å²) < 4.78 is 18.6. The standard InChI is InChI=1S/C17H24ClFN2O2/c1-17(2,3)23-16(22)20-10-11-5-4-6-14(11)21-15-9-12(19)7-8-13(15)18/h7-9,11,14,21H,4-6,10H2,1-3H3,(H,20,22). The van der Waals surface area contributed by atoms with Gasteiger partial charge in [0.25, 0.3) is 0 Å². The van der Waals surface area contributed by atoms with Crippen molar-refractivity contribution in [2.24, 2.45) is 5.92 Å². The molecule has 2 rings (SSSR count). The zero-order chi connectivity index (χ0) is 17.0. The summed E-state index contributed by atoms with van der Waals surface area (Å²) in [5.41, 5.74) is 0.0906. The van der Waals surface area contributed by atoms with E-state index in [0.717, 1.165) is 19.3 Å². The van der Waals surface area contributed by atoms with E-state index < -0.39 is 11.7 Å². The van der Waals surface area contributed by atoms with Crippen LogP contribution >= 0.6 is 11.6 Å². The van der Waals surface area contributed by atoms with Crippen molar-refractivity contribution < 1.29 is 13.9 Å². The number of nitrogens with one attached hydrogen (secondary N) is 2. The Kier molecular flexibility index (Phi) is 5.74. The van der Waals surface area contributed by atoms with Crippen LogP contribution in [0.1, 0.15) is 40.0 Å². The number of carbonyl (C=O) groups excluding carboxylic acids is 1. The molecule has 2 unspecified atom stereocenters. The van der Waals surface area contributed by atoms with E-state index in [9.17, 15) is 9.18 Å². The average molecular weight is 343 g/mol. The van der Waals surface area contributed by atoms with Crippen molar-refractivity contribution in [3.63, 3.8) is 0 Å². The summed E-state index contributed by atoms with van der Waals surface area (Å²) in [4.78, 5) is 11.8. The fourth-order valence-electron chi connectivity index (χ4n) is 2.81. The Labute approximate surface area is 141 Å². The van der Waals surface area contributed by atoms with Crippen LogP contribution in [-0.4, -0.2) is 24.3 Å². The molecule has 6 heteroatoms. The van der Waals surface area contributed by atoms with Crippen molar-refractivity contribution in [2.75, 3.05) is 11.9 Å². The van der Waals surface area contributed by atoms with E-state index in [1.807, 2.05) is 20.8 Å². The van der Waals surface area contributed by atoms with Crippen LogP contribution in [0.15, 0.2) is 18.2 Å². The number of alkyl carbamates (subject to hydrolysis) is 1. The minimum Gasteiger partial charge on any atom is -0.444 e. The molecular formula is C17H24ClFN2O2. The molecule has 0 saturated heterocycles. The van der Waals surface area contributed by atoms with E-state index in [1.54, 1.807) is 6.07 Å². The lowest BCUT2D eigenvalue weighted by atomic mass is 10.0. The van der Waals surface area contributed by atoms with Crippen molar-refractivity contribution >= 4 is 23.4 Å². The summed E-state index contributed by atoms with van der Waals surface area (Å²) in [6.45, 7) is 6.02. The summed E-state index contributed by atoms with van der Waals surface area (Å²) in [5, 5.41) is 6.62. The van der Waals surface area contributed by atoms with Gasteiger partial charge in [0, 0.05) is 12.6 Å². The van der Waals surface area contributed by atoms with E-state index in [0.29, 0.717) is 17.3 Å². The summed E-state index contributed by atoms with van der Waals surface area (Å²) in [6.07, 6.45) is 2.62. The molecule has 0 radical (unpaired) electrons. The van der Waals surface area contributed by atoms with Gasteiger partial charge in [0.05, 0.1) is 10.7 Å². The van der Waals surface area contributed by atoms with Crippen LogP contribution in [0.2, 0.25) is 5.02 Å². The van der Waals surface area contributed by atoms with Gasteiger partial charge in [-0.05, 0) is 57.7 Å². The van der Waals surface area contributed by atoms with Crippen molar-refractivity contribution in [1.29, 1.82) is 0 Å². The quantitative estimate of drug-likeness (QED) is 0.841. The highest BCUT2D eigenvalue weighted by molar-refractivity contribution is 6.33. The number of hydrogen-bond acceptors (Lipinski definition) is 3. The van der Waals surface area contributed by atoms with Crippen LogP contribution < -0.4 is 10.6 Å². The molecule has 1 aromatic rings. The first-order valence-corrected chi connectivity index (χ1v) is 8.31. The highest BCUT2D eigenvalue weighted by atomic mass is 35.5. The van der Waals surface area contributed by atoms with Gasteiger partial charge >= 0.3 is 6.09 Å². The Morgan fingerprint density at radius 2 is 2.13 bits per heavy atom. The Balaban J connectivity index is 1.90. The van der Waals surface area contributed by atoms with Gasteiger partial charge in [0.15, 0.2) is 0 Å². The van der Waals surface area contributed by atoms with Crippen LogP contribution in [0.4, 0.5) is 14.9 Å². The molecule has 128 valence electrons. The van der Waals surface area contributed by atoms with Gasteiger partial charge in [-0.3, -0.25) is 0 Å². The second kappa shape index (κ2) is 7.39. The number of anilines is 1. The predicted octanol–water partition coefficient (Wildman–Crippen LogP) is 4.58. The van der Waals surface area contributed by atoms with Crippen LogP contribution in [0.3, 0.4) is 0 Å². The number of amides is 1. The number of ether oxygens (including phenoxy) is 1. The maximum absolute atomic E-state index is 13.4. The van der Waals surface area contributed by atoms with Crippen LogP contribution in [0.5, 0.6) is 0 Å². The predicted molar refractivity (Wildman–Crippen MR) is 90.4 cm³/mol. The Morgan fingerprint density at radius 1 is 1.39 bits per heavy atom. The first kappa shape index (κ1) is 17.9. The topological polar surface area (TPSA) is 50.4 Å². The molecule has 0 bridgehead atoms. The van der Waals surface area contributed by atoms with Gasteiger partial charge in [-0.1, -0.05) is 18.0 Å². The molecule has 1 amide bonds. The first-order chi connectivity index (χ1) is 10.7. The maximum atomic E-state index is 13.4. The van der Waals surface area contributed by atoms with E-state index in [1.165, 1.54) is 12.1 Å². The van der Waals surface area contributed by atoms with Gasteiger partial charge in [-0.15, -0.1) is 0 Å². The SMILES string of the molecule is CC(C)(C)OC(=O)NCC1CCCC1Nc1cc(F)ccc1Cl. The summed E-state index contributed by atoms with van der Waals surface area (Å²) in [6, 6.07) is 4.44. The van der Waals surface area contributed by atoms with Crippen LogP contribution in [0.25, 0.3) is 0 Å². The number of rotatable bonds is 4. The molecule has 2 N–H and O–H groups in total. The lowest BCUT2D eigenvalue weighted by Gasteiger charge is -2.24. The Bertz CT molecular complexity index is 560. The third-order valence-corrected chi connectivity index (χ3v) is 4.17. The lowest BCUT2D eigenvalue weighted by molar-refractivity contribution is 0.0519. The monoisotopic (exact) mass is 342 g/mol. The molecule has 0 spiro atoms. The van der Waals surface area contributed by atoms with Crippen molar-refractivity contribution in [2.45, 2.75) is 51.7 Å². The summed E-state index contributed by atoms with van der Waals surface area (Å²) in [5.74, 6) is -0.0554. The fraction of sp³-hybridized carbons (Fsp3) is 0.588. The molecule has 4 nitrogen and oxygen atoms in total.